The lowest BCUT2D eigenvalue weighted by Crippen LogP contribution is -2.45. The fourth-order valence-corrected chi connectivity index (χ4v) is 3.75. The second-order valence-electron chi connectivity index (χ2n) is 6.52. The third kappa shape index (κ3) is 4.20. The lowest BCUT2D eigenvalue weighted by molar-refractivity contribution is -0.125. The summed E-state index contributed by atoms with van der Waals surface area (Å²) in [6.45, 7) is 0.0951. The van der Waals surface area contributed by atoms with E-state index in [1.54, 1.807) is 24.3 Å². The summed E-state index contributed by atoms with van der Waals surface area (Å²) in [5, 5.41) is 4.65. The van der Waals surface area contributed by atoms with Gasteiger partial charge in [0.05, 0.1) is 10.6 Å². The first-order valence-electron chi connectivity index (χ1n) is 9.08. The van der Waals surface area contributed by atoms with Gasteiger partial charge in [0.2, 0.25) is 11.7 Å². The fourth-order valence-electron chi connectivity index (χ4n) is 3.06. The molecule has 1 aliphatic heterocycles. The Morgan fingerprint density at radius 2 is 1.90 bits per heavy atom. The summed E-state index contributed by atoms with van der Waals surface area (Å²) in [5.74, 6) is -0.268. The van der Waals surface area contributed by atoms with E-state index in [1.165, 1.54) is 16.2 Å². The van der Waals surface area contributed by atoms with Gasteiger partial charge >= 0.3 is 0 Å². The smallest absolute Gasteiger partial charge is 0.265 e. The van der Waals surface area contributed by atoms with Crippen molar-refractivity contribution < 1.29 is 19.1 Å². The number of benzene rings is 2. The predicted molar refractivity (Wildman–Crippen MR) is 110 cm³/mol. The summed E-state index contributed by atoms with van der Waals surface area (Å²) < 4.78 is 5.47. The standard InChI is InChI=1S/C22H18N2O4S/c25-20(23-12-15-5-2-1-3-6-15)13-24-17-11-16(22(27)19-7-4-10-29-19)8-9-18(17)28-14-21(24)26/h1-11H,12-14H2,(H,23,25). The van der Waals surface area contributed by atoms with E-state index in [1.807, 2.05) is 41.8 Å². The summed E-state index contributed by atoms with van der Waals surface area (Å²) in [4.78, 5) is 39.5. The summed E-state index contributed by atoms with van der Waals surface area (Å²) in [6, 6.07) is 18.0. The Balaban J connectivity index is 1.52. The van der Waals surface area contributed by atoms with Gasteiger partial charge in [0.25, 0.3) is 5.91 Å². The Morgan fingerprint density at radius 3 is 2.66 bits per heavy atom. The van der Waals surface area contributed by atoms with E-state index in [2.05, 4.69) is 5.32 Å². The third-order valence-electron chi connectivity index (χ3n) is 4.54. The van der Waals surface area contributed by atoms with Gasteiger partial charge in [0.15, 0.2) is 6.61 Å². The molecule has 2 aromatic carbocycles. The van der Waals surface area contributed by atoms with Crippen molar-refractivity contribution in [1.82, 2.24) is 5.32 Å². The van der Waals surface area contributed by atoms with Crippen molar-refractivity contribution in [2.45, 2.75) is 6.54 Å². The number of ketones is 1. The number of carbonyl (C=O) groups is 3. The van der Waals surface area contributed by atoms with Crippen molar-refractivity contribution in [3.8, 4) is 5.75 Å². The molecule has 0 fully saturated rings. The van der Waals surface area contributed by atoms with Gasteiger partial charge in [-0.25, -0.2) is 0 Å². The van der Waals surface area contributed by atoms with E-state index < -0.39 is 0 Å². The van der Waals surface area contributed by atoms with Gasteiger partial charge in [-0.15, -0.1) is 11.3 Å². The molecule has 0 aliphatic carbocycles. The number of fused-ring (bicyclic) bond motifs is 1. The zero-order chi connectivity index (χ0) is 20.2. The largest absolute Gasteiger partial charge is 0.482 e. The second kappa shape index (κ2) is 8.28. The van der Waals surface area contributed by atoms with Crippen LogP contribution in [0.4, 0.5) is 5.69 Å². The van der Waals surface area contributed by atoms with Crippen molar-refractivity contribution in [3.05, 3.63) is 82.0 Å². The van der Waals surface area contributed by atoms with Crippen LogP contribution in [0.5, 0.6) is 5.75 Å². The van der Waals surface area contributed by atoms with E-state index in [0.717, 1.165) is 5.56 Å². The third-order valence-corrected chi connectivity index (χ3v) is 5.41. The average molecular weight is 406 g/mol. The number of carbonyl (C=O) groups excluding carboxylic acids is 3. The fraction of sp³-hybridized carbons (Fsp3) is 0.136. The highest BCUT2D eigenvalue weighted by Crippen LogP contribution is 2.33. The highest BCUT2D eigenvalue weighted by Gasteiger charge is 2.28. The van der Waals surface area contributed by atoms with Crippen LogP contribution in [0.2, 0.25) is 0 Å². The van der Waals surface area contributed by atoms with Gasteiger partial charge in [-0.3, -0.25) is 19.3 Å². The molecule has 0 saturated heterocycles. The van der Waals surface area contributed by atoms with Crippen LogP contribution >= 0.6 is 11.3 Å². The number of rotatable bonds is 6. The van der Waals surface area contributed by atoms with Gasteiger partial charge in [-0.2, -0.15) is 0 Å². The number of thiophene rings is 1. The molecule has 0 bridgehead atoms. The first kappa shape index (κ1) is 18.9. The molecule has 4 rings (SSSR count). The Morgan fingerprint density at radius 1 is 1.07 bits per heavy atom. The molecule has 6 nitrogen and oxygen atoms in total. The van der Waals surface area contributed by atoms with Crippen LogP contribution in [0.15, 0.2) is 66.0 Å². The predicted octanol–water partition coefficient (Wildman–Crippen LogP) is 3.02. The van der Waals surface area contributed by atoms with Crippen molar-refractivity contribution >= 4 is 34.6 Å². The molecule has 2 heterocycles. The minimum absolute atomic E-state index is 0.130. The van der Waals surface area contributed by atoms with Gasteiger partial charge < -0.3 is 10.1 Å². The summed E-state index contributed by atoms with van der Waals surface area (Å²) >= 11 is 1.35. The molecule has 0 radical (unpaired) electrons. The van der Waals surface area contributed by atoms with Crippen molar-refractivity contribution in [2.75, 3.05) is 18.1 Å². The number of nitrogens with zero attached hydrogens (tertiary/aromatic N) is 1. The number of hydrogen-bond acceptors (Lipinski definition) is 5. The Labute approximate surface area is 171 Å². The maximum Gasteiger partial charge on any atom is 0.265 e. The topological polar surface area (TPSA) is 75.7 Å². The first-order chi connectivity index (χ1) is 14.1. The molecule has 29 heavy (non-hydrogen) atoms. The number of amides is 2. The summed E-state index contributed by atoms with van der Waals surface area (Å²) in [5.41, 5.74) is 1.84. The van der Waals surface area contributed by atoms with Gasteiger partial charge in [0, 0.05) is 12.1 Å². The van der Waals surface area contributed by atoms with Crippen LogP contribution in [-0.4, -0.2) is 30.7 Å². The van der Waals surface area contributed by atoms with Crippen LogP contribution in [-0.2, 0) is 16.1 Å². The molecule has 146 valence electrons. The maximum atomic E-state index is 12.6. The van der Waals surface area contributed by atoms with Crippen LogP contribution in [0.3, 0.4) is 0 Å². The van der Waals surface area contributed by atoms with Gasteiger partial charge in [-0.1, -0.05) is 36.4 Å². The molecule has 0 spiro atoms. The molecule has 1 aromatic heterocycles. The van der Waals surface area contributed by atoms with Crippen molar-refractivity contribution in [3.63, 3.8) is 0 Å². The molecule has 2 amide bonds. The van der Waals surface area contributed by atoms with Crippen LogP contribution in [0.25, 0.3) is 0 Å². The molecule has 3 aromatic rings. The van der Waals surface area contributed by atoms with E-state index in [9.17, 15) is 14.4 Å². The molecule has 1 N–H and O–H groups in total. The summed E-state index contributed by atoms with van der Waals surface area (Å²) in [7, 11) is 0. The second-order valence-corrected chi connectivity index (χ2v) is 7.47. The zero-order valence-electron chi connectivity index (χ0n) is 15.5. The minimum Gasteiger partial charge on any atom is -0.482 e. The van der Waals surface area contributed by atoms with Gasteiger partial charge in [-0.05, 0) is 35.2 Å². The first-order valence-corrected chi connectivity index (χ1v) is 9.96. The minimum atomic E-state index is -0.326. The molecule has 0 saturated carbocycles. The molecule has 0 atom stereocenters. The molecular formula is C22H18N2O4S. The Hall–Kier alpha value is -3.45. The SMILES string of the molecule is O=C(CN1C(=O)COc2ccc(C(=O)c3cccs3)cc21)NCc1ccccc1. The van der Waals surface area contributed by atoms with Crippen LogP contribution < -0.4 is 15.0 Å². The lowest BCUT2D eigenvalue weighted by Gasteiger charge is -2.29. The summed E-state index contributed by atoms with van der Waals surface area (Å²) in [6.07, 6.45) is 0. The number of hydrogen-bond donors (Lipinski definition) is 1. The number of ether oxygens (including phenoxy) is 1. The van der Waals surface area contributed by atoms with E-state index in [0.29, 0.717) is 28.4 Å². The molecule has 0 unspecified atom stereocenters. The zero-order valence-corrected chi connectivity index (χ0v) is 16.3. The normalized spacial score (nSPS) is 12.8. The van der Waals surface area contributed by atoms with Crippen molar-refractivity contribution in [2.24, 2.45) is 0 Å². The Kier molecular flexibility index (Phi) is 5.39. The lowest BCUT2D eigenvalue weighted by atomic mass is 10.1. The Bertz CT molecular complexity index is 1050. The van der Waals surface area contributed by atoms with E-state index in [4.69, 9.17) is 4.74 Å². The van der Waals surface area contributed by atoms with Crippen LogP contribution in [0, 0.1) is 0 Å². The van der Waals surface area contributed by atoms with Crippen molar-refractivity contribution in [1.29, 1.82) is 0 Å². The quantitative estimate of drug-likeness (QED) is 0.639. The highest BCUT2D eigenvalue weighted by atomic mass is 32.1. The van der Waals surface area contributed by atoms with Crippen LogP contribution in [0.1, 0.15) is 20.8 Å². The molecular weight excluding hydrogens is 388 g/mol. The monoisotopic (exact) mass is 406 g/mol. The van der Waals surface area contributed by atoms with E-state index >= 15 is 0 Å². The van der Waals surface area contributed by atoms with E-state index in [-0.39, 0.29) is 30.7 Å². The number of nitrogens with one attached hydrogen (secondary N) is 1. The molecule has 1 aliphatic rings. The molecule has 7 heteroatoms. The maximum absolute atomic E-state index is 12.6. The highest BCUT2D eigenvalue weighted by molar-refractivity contribution is 7.12. The number of anilines is 1. The van der Waals surface area contributed by atoms with Gasteiger partial charge in [0.1, 0.15) is 12.3 Å². The average Bonchev–Trinajstić information content (AvgIpc) is 3.29.